The predicted octanol–water partition coefficient (Wildman–Crippen LogP) is 4.04. The van der Waals surface area contributed by atoms with E-state index in [0.29, 0.717) is 26.3 Å². The molecule has 7 nitrogen and oxygen atoms in total. The number of rotatable bonds is 4. The number of ether oxygens (including phenoxy) is 4. The van der Waals surface area contributed by atoms with E-state index >= 15 is 0 Å². The molecule has 1 atom stereocenters. The first kappa shape index (κ1) is 23.8. The van der Waals surface area contributed by atoms with Crippen LogP contribution in [0.3, 0.4) is 0 Å². The van der Waals surface area contributed by atoms with E-state index in [9.17, 15) is 27.2 Å². The quantitative estimate of drug-likeness (QED) is 0.612. The molecule has 1 saturated heterocycles. The van der Waals surface area contributed by atoms with Gasteiger partial charge in [0.15, 0.2) is 5.78 Å². The summed E-state index contributed by atoms with van der Waals surface area (Å²) >= 11 is 0. The van der Waals surface area contributed by atoms with Gasteiger partial charge >= 0.3 is 6.18 Å². The monoisotopic (exact) mass is 483 g/mol. The lowest BCUT2D eigenvalue weighted by Crippen LogP contribution is -2.41. The summed E-state index contributed by atoms with van der Waals surface area (Å²) in [6.07, 6.45) is -6.26. The SMILES string of the molecule is COc1cc2c(c(OC)c1C(F)(F)F)C(=O)CC(c1ccc(F)cc1C(=O)N1CCOCC1)O2. The van der Waals surface area contributed by atoms with Crippen LogP contribution in [0.1, 0.15) is 44.4 Å². The molecule has 2 aromatic carbocycles. The second kappa shape index (κ2) is 9.13. The van der Waals surface area contributed by atoms with Crippen LogP contribution in [0.4, 0.5) is 17.6 Å². The van der Waals surface area contributed by atoms with Gasteiger partial charge in [0.25, 0.3) is 5.91 Å². The Balaban J connectivity index is 1.78. The zero-order valence-corrected chi connectivity index (χ0v) is 18.3. The van der Waals surface area contributed by atoms with Crippen LogP contribution in [0.5, 0.6) is 17.2 Å². The maximum absolute atomic E-state index is 14.1. The first-order valence-corrected chi connectivity index (χ1v) is 10.4. The lowest BCUT2D eigenvalue weighted by Gasteiger charge is -2.31. The van der Waals surface area contributed by atoms with Crippen LogP contribution in [0.15, 0.2) is 24.3 Å². The molecule has 1 unspecified atom stereocenters. The minimum atomic E-state index is -4.85. The van der Waals surface area contributed by atoms with E-state index in [2.05, 4.69) is 0 Å². The molecule has 0 saturated carbocycles. The fourth-order valence-electron chi connectivity index (χ4n) is 4.17. The number of nitrogens with zero attached hydrogens (tertiary/aromatic N) is 1. The minimum Gasteiger partial charge on any atom is -0.496 e. The summed E-state index contributed by atoms with van der Waals surface area (Å²) in [7, 11) is 2.07. The number of amides is 1. The number of carbonyl (C=O) groups excluding carboxylic acids is 2. The highest BCUT2D eigenvalue weighted by molar-refractivity contribution is 6.04. The first-order chi connectivity index (χ1) is 16.2. The van der Waals surface area contributed by atoms with Crippen molar-refractivity contribution in [2.75, 3.05) is 40.5 Å². The molecular formula is C23H21F4NO6. The van der Waals surface area contributed by atoms with Gasteiger partial charge in [-0.2, -0.15) is 13.2 Å². The van der Waals surface area contributed by atoms with Gasteiger partial charge in [-0.25, -0.2) is 4.39 Å². The standard InChI is InChI=1S/C23H21F4NO6/c1-31-18-11-17-19(21(32-2)20(18)23(25,26)27)15(29)10-16(34-17)13-4-3-12(24)9-14(13)22(30)28-5-7-33-8-6-28/h3-4,9,11,16H,5-8,10H2,1-2H3. The third-order valence-electron chi connectivity index (χ3n) is 5.73. The first-order valence-electron chi connectivity index (χ1n) is 10.4. The number of ketones is 1. The van der Waals surface area contributed by atoms with Gasteiger partial charge in [-0.15, -0.1) is 0 Å². The van der Waals surface area contributed by atoms with E-state index in [0.717, 1.165) is 32.4 Å². The van der Waals surface area contributed by atoms with Gasteiger partial charge in [-0.1, -0.05) is 6.07 Å². The molecule has 0 aliphatic carbocycles. The number of alkyl halides is 3. The molecule has 2 heterocycles. The number of morpholine rings is 1. The predicted molar refractivity (Wildman–Crippen MR) is 110 cm³/mol. The molecule has 0 spiro atoms. The number of methoxy groups -OCH3 is 2. The summed E-state index contributed by atoms with van der Waals surface area (Å²) in [5.41, 5.74) is -1.34. The highest BCUT2D eigenvalue weighted by Gasteiger charge is 2.44. The van der Waals surface area contributed by atoms with Crippen LogP contribution in [-0.2, 0) is 10.9 Å². The number of Topliss-reactive ketones (excluding diaryl/α,β-unsaturated/α-hetero) is 1. The van der Waals surface area contributed by atoms with E-state index in [1.165, 1.54) is 11.0 Å². The van der Waals surface area contributed by atoms with Crippen molar-refractivity contribution in [1.29, 1.82) is 0 Å². The Kier molecular flexibility index (Phi) is 6.39. The van der Waals surface area contributed by atoms with Crippen LogP contribution in [0, 0.1) is 5.82 Å². The molecule has 2 aliphatic rings. The van der Waals surface area contributed by atoms with Crippen molar-refractivity contribution in [3.8, 4) is 17.2 Å². The van der Waals surface area contributed by atoms with Gasteiger partial charge in [0.05, 0.1) is 33.9 Å². The second-order valence-corrected chi connectivity index (χ2v) is 7.73. The highest BCUT2D eigenvalue weighted by Crippen LogP contribution is 2.50. The lowest BCUT2D eigenvalue weighted by atomic mass is 9.91. The van der Waals surface area contributed by atoms with Crippen molar-refractivity contribution in [2.45, 2.75) is 18.7 Å². The Labute approximate surface area is 192 Å². The Morgan fingerprint density at radius 1 is 1.12 bits per heavy atom. The largest absolute Gasteiger partial charge is 0.496 e. The van der Waals surface area contributed by atoms with Gasteiger partial charge in [0.2, 0.25) is 0 Å². The minimum absolute atomic E-state index is 0.00833. The molecule has 34 heavy (non-hydrogen) atoms. The van der Waals surface area contributed by atoms with Crippen LogP contribution in [0.2, 0.25) is 0 Å². The topological polar surface area (TPSA) is 74.3 Å². The highest BCUT2D eigenvalue weighted by atomic mass is 19.4. The maximum atomic E-state index is 14.1. The zero-order chi connectivity index (χ0) is 24.6. The van der Waals surface area contributed by atoms with Crippen LogP contribution in [-0.4, -0.2) is 57.1 Å². The van der Waals surface area contributed by atoms with Gasteiger partial charge in [-0.05, 0) is 12.1 Å². The van der Waals surface area contributed by atoms with Gasteiger partial charge < -0.3 is 23.8 Å². The van der Waals surface area contributed by atoms with Crippen molar-refractivity contribution in [1.82, 2.24) is 4.90 Å². The summed E-state index contributed by atoms with van der Waals surface area (Å²) in [5, 5.41) is 0. The van der Waals surface area contributed by atoms with Crippen LogP contribution >= 0.6 is 0 Å². The summed E-state index contributed by atoms with van der Waals surface area (Å²) in [4.78, 5) is 27.6. The van der Waals surface area contributed by atoms with E-state index < -0.39 is 46.9 Å². The molecule has 1 amide bonds. The smallest absolute Gasteiger partial charge is 0.423 e. The van der Waals surface area contributed by atoms with Crippen molar-refractivity contribution >= 4 is 11.7 Å². The Bertz CT molecular complexity index is 1130. The molecule has 11 heteroatoms. The average molecular weight is 483 g/mol. The maximum Gasteiger partial charge on any atom is 0.423 e. The van der Waals surface area contributed by atoms with Crippen LogP contribution in [0.25, 0.3) is 0 Å². The lowest BCUT2D eigenvalue weighted by molar-refractivity contribution is -0.140. The van der Waals surface area contributed by atoms with Crippen LogP contribution < -0.4 is 14.2 Å². The molecule has 2 aromatic rings. The molecule has 0 aromatic heterocycles. The van der Waals surface area contributed by atoms with Crippen molar-refractivity contribution in [2.24, 2.45) is 0 Å². The van der Waals surface area contributed by atoms with Gasteiger partial charge in [-0.3, -0.25) is 9.59 Å². The molecule has 0 bridgehead atoms. The number of halogens is 4. The normalized spacial score (nSPS) is 18.2. The number of hydrogen-bond acceptors (Lipinski definition) is 6. The number of fused-ring (bicyclic) bond motifs is 1. The fourth-order valence-corrected chi connectivity index (χ4v) is 4.17. The van der Waals surface area contributed by atoms with Gasteiger partial charge in [0.1, 0.15) is 40.3 Å². The molecule has 1 fully saturated rings. The zero-order valence-electron chi connectivity index (χ0n) is 18.3. The molecule has 0 radical (unpaired) electrons. The third-order valence-corrected chi connectivity index (χ3v) is 5.73. The van der Waals surface area contributed by atoms with Crippen molar-refractivity contribution in [3.05, 3.63) is 52.3 Å². The molecule has 0 N–H and O–H groups in total. The number of hydrogen-bond donors (Lipinski definition) is 0. The third kappa shape index (κ3) is 4.27. The van der Waals surface area contributed by atoms with Gasteiger partial charge in [0, 0.05) is 30.3 Å². The van der Waals surface area contributed by atoms with E-state index in [-0.39, 0.29) is 28.9 Å². The number of carbonyl (C=O) groups is 2. The summed E-state index contributed by atoms with van der Waals surface area (Å²) in [5.74, 6) is -3.25. The molecular weight excluding hydrogens is 462 g/mol. The molecule has 2 aliphatic heterocycles. The molecule has 182 valence electrons. The van der Waals surface area contributed by atoms with E-state index in [1.807, 2.05) is 0 Å². The van der Waals surface area contributed by atoms with Crippen molar-refractivity contribution in [3.63, 3.8) is 0 Å². The molecule has 4 rings (SSSR count). The Hall–Kier alpha value is -3.34. The van der Waals surface area contributed by atoms with Crippen molar-refractivity contribution < 1.29 is 46.1 Å². The summed E-state index contributed by atoms with van der Waals surface area (Å²) < 4.78 is 76.1. The summed E-state index contributed by atoms with van der Waals surface area (Å²) in [6, 6.07) is 4.50. The Morgan fingerprint density at radius 3 is 2.44 bits per heavy atom. The fraction of sp³-hybridized carbons (Fsp3) is 0.391. The second-order valence-electron chi connectivity index (χ2n) is 7.73. The Morgan fingerprint density at radius 2 is 1.82 bits per heavy atom. The van der Waals surface area contributed by atoms with E-state index in [4.69, 9.17) is 18.9 Å². The summed E-state index contributed by atoms with van der Waals surface area (Å²) in [6.45, 7) is 1.31. The average Bonchev–Trinajstić information content (AvgIpc) is 2.81. The van der Waals surface area contributed by atoms with E-state index in [1.54, 1.807) is 0 Å². The number of benzene rings is 2.